The highest BCUT2D eigenvalue weighted by atomic mass is 16.3. The van der Waals surface area contributed by atoms with Gasteiger partial charge in [0.15, 0.2) is 0 Å². The van der Waals surface area contributed by atoms with Gasteiger partial charge in [-0.2, -0.15) is 0 Å². The van der Waals surface area contributed by atoms with Crippen molar-refractivity contribution in [3.8, 4) is 0 Å². The summed E-state index contributed by atoms with van der Waals surface area (Å²) in [6.07, 6.45) is 3.16. The molecular weight excluding hydrogens is 176 g/mol. The predicted molar refractivity (Wildman–Crippen MR) is 59.3 cm³/mol. The second-order valence-electron chi connectivity index (χ2n) is 4.06. The van der Waals surface area contributed by atoms with E-state index in [4.69, 9.17) is 5.11 Å². The zero-order valence-electron chi connectivity index (χ0n) is 9.08. The van der Waals surface area contributed by atoms with Crippen LogP contribution in [0.1, 0.15) is 13.3 Å². The molecule has 1 aliphatic heterocycles. The highest BCUT2D eigenvalue weighted by Gasteiger charge is 2.24. The van der Waals surface area contributed by atoms with Gasteiger partial charge in [-0.1, -0.05) is 6.08 Å². The van der Waals surface area contributed by atoms with Crippen molar-refractivity contribution in [1.82, 2.24) is 10.2 Å². The lowest BCUT2D eigenvalue weighted by Gasteiger charge is -2.25. The molecule has 0 radical (unpaired) electrons. The van der Waals surface area contributed by atoms with E-state index < -0.39 is 0 Å². The van der Waals surface area contributed by atoms with Gasteiger partial charge in [-0.05, 0) is 25.8 Å². The van der Waals surface area contributed by atoms with Crippen LogP contribution in [0.2, 0.25) is 0 Å². The van der Waals surface area contributed by atoms with E-state index in [0.29, 0.717) is 6.04 Å². The molecule has 0 bridgehead atoms. The number of nitrogens with one attached hydrogen (secondary N) is 1. The van der Waals surface area contributed by atoms with E-state index in [1.807, 2.05) is 6.08 Å². The van der Waals surface area contributed by atoms with Crippen LogP contribution in [0.4, 0.5) is 0 Å². The standard InChI is InChI=1S/C11H22N2O/c1-3-6-13(7-8-14)9-11-4-5-12-10(11)2/h3,10-12,14H,1,4-9H2,2H3. The molecule has 0 amide bonds. The van der Waals surface area contributed by atoms with E-state index in [2.05, 4.69) is 23.7 Å². The first kappa shape index (κ1) is 11.7. The van der Waals surface area contributed by atoms with Gasteiger partial charge >= 0.3 is 0 Å². The van der Waals surface area contributed by atoms with Crippen molar-refractivity contribution in [3.63, 3.8) is 0 Å². The Bertz CT molecular complexity index is 173. The highest BCUT2D eigenvalue weighted by Crippen LogP contribution is 2.16. The van der Waals surface area contributed by atoms with E-state index >= 15 is 0 Å². The van der Waals surface area contributed by atoms with Crippen LogP contribution in [0, 0.1) is 5.92 Å². The molecule has 1 heterocycles. The molecule has 0 aromatic rings. The quantitative estimate of drug-likeness (QED) is 0.609. The fourth-order valence-electron chi connectivity index (χ4n) is 2.08. The molecule has 0 spiro atoms. The van der Waals surface area contributed by atoms with Crippen LogP contribution in [0.15, 0.2) is 12.7 Å². The Morgan fingerprint density at radius 1 is 1.64 bits per heavy atom. The van der Waals surface area contributed by atoms with Gasteiger partial charge in [-0.3, -0.25) is 4.90 Å². The lowest BCUT2D eigenvalue weighted by Crippen LogP contribution is -2.36. The first-order chi connectivity index (χ1) is 6.77. The van der Waals surface area contributed by atoms with E-state index in [1.54, 1.807) is 0 Å². The molecule has 3 heteroatoms. The summed E-state index contributed by atoms with van der Waals surface area (Å²) in [5.74, 6) is 0.724. The first-order valence-electron chi connectivity index (χ1n) is 5.45. The number of hydrogen-bond donors (Lipinski definition) is 2. The SMILES string of the molecule is C=CCN(CCO)CC1CCNC1C. The van der Waals surface area contributed by atoms with Crippen LogP contribution < -0.4 is 5.32 Å². The van der Waals surface area contributed by atoms with Gasteiger partial charge in [0.2, 0.25) is 0 Å². The Morgan fingerprint density at radius 3 is 2.93 bits per heavy atom. The molecule has 1 fully saturated rings. The zero-order chi connectivity index (χ0) is 10.4. The summed E-state index contributed by atoms with van der Waals surface area (Å²) in [7, 11) is 0. The fraction of sp³-hybridized carbons (Fsp3) is 0.818. The minimum absolute atomic E-state index is 0.238. The molecule has 2 N–H and O–H groups in total. The first-order valence-corrected chi connectivity index (χ1v) is 5.45. The minimum Gasteiger partial charge on any atom is -0.395 e. The fourth-order valence-corrected chi connectivity index (χ4v) is 2.08. The predicted octanol–water partition coefficient (Wildman–Crippen LogP) is 0.465. The van der Waals surface area contributed by atoms with Gasteiger partial charge in [-0.25, -0.2) is 0 Å². The number of aliphatic hydroxyl groups excluding tert-OH is 1. The van der Waals surface area contributed by atoms with Gasteiger partial charge in [0.25, 0.3) is 0 Å². The van der Waals surface area contributed by atoms with Gasteiger partial charge in [-0.15, -0.1) is 6.58 Å². The summed E-state index contributed by atoms with van der Waals surface area (Å²) in [5, 5.41) is 12.4. The summed E-state index contributed by atoms with van der Waals surface area (Å²) in [6.45, 7) is 10.1. The summed E-state index contributed by atoms with van der Waals surface area (Å²) >= 11 is 0. The van der Waals surface area contributed by atoms with Crippen LogP contribution in [0.25, 0.3) is 0 Å². The van der Waals surface area contributed by atoms with Gasteiger partial charge in [0.1, 0.15) is 0 Å². The molecule has 0 aromatic carbocycles. The van der Waals surface area contributed by atoms with Crippen molar-refractivity contribution in [1.29, 1.82) is 0 Å². The van der Waals surface area contributed by atoms with Crippen molar-refractivity contribution < 1.29 is 5.11 Å². The molecule has 2 atom stereocenters. The van der Waals surface area contributed by atoms with E-state index in [1.165, 1.54) is 6.42 Å². The number of nitrogens with zero attached hydrogens (tertiary/aromatic N) is 1. The largest absolute Gasteiger partial charge is 0.395 e. The molecule has 1 rings (SSSR count). The van der Waals surface area contributed by atoms with Crippen LogP contribution in [0.5, 0.6) is 0 Å². The maximum atomic E-state index is 8.91. The van der Waals surface area contributed by atoms with E-state index in [9.17, 15) is 0 Å². The summed E-state index contributed by atoms with van der Waals surface area (Å²) in [6, 6.07) is 0.612. The molecule has 0 aliphatic carbocycles. The molecule has 82 valence electrons. The molecule has 0 saturated carbocycles. The van der Waals surface area contributed by atoms with Crippen LogP contribution in [-0.4, -0.2) is 48.8 Å². The Balaban J connectivity index is 2.33. The third-order valence-corrected chi connectivity index (χ3v) is 2.98. The summed E-state index contributed by atoms with van der Waals surface area (Å²) in [5.41, 5.74) is 0. The smallest absolute Gasteiger partial charge is 0.0558 e. The maximum absolute atomic E-state index is 8.91. The van der Waals surface area contributed by atoms with Crippen LogP contribution in [0.3, 0.4) is 0 Å². The monoisotopic (exact) mass is 198 g/mol. The van der Waals surface area contributed by atoms with Gasteiger partial charge < -0.3 is 10.4 Å². The van der Waals surface area contributed by atoms with E-state index in [0.717, 1.165) is 32.1 Å². The van der Waals surface area contributed by atoms with E-state index in [-0.39, 0.29) is 6.61 Å². The van der Waals surface area contributed by atoms with Crippen molar-refractivity contribution >= 4 is 0 Å². The number of aliphatic hydroxyl groups is 1. The number of hydrogen-bond acceptors (Lipinski definition) is 3. The van der Waals surface area contributed by atoms with Gasteiger partial charge in [0.05, 0.1) is 6.61 Å². The topological polar surface area (TPSA) is 35.5 Å². The molecule has 1 saturated heterocycles. The third kappa shape index (κ3) is 3.40. The lowest BCUT2D eigenvalue weighted by atomic mass is 10.0. The molecular formula is C11H22N2O. The lowest BCUT2D eigenvalue weighted by molar-refractivity contribution is 0.184. The number of rotatable bonds is 6. The van der Waals surface area contributed by atoms with Crippen molar-refractivity contribution in [2.24, 2.45) is 5.92 Å². The van der Waals surface area contributed by atoms with Crippen LogP contribution >= 0.6 is 0 Å². The summed E-state index contributed by atoms with van der Waals surface area (Å²) < 4.78 is 0. The Kier molecular flexibility index (Phi) is 5.15. The molecule has 0 aromatic heterocycles. The average molecular weight is 198 g/mol. The molecule has 3 nitrogen and oxygen atoms in total. The van der Waals surface area contributed by atoms with Crippen molar-refractivity contribution in [2.45, 2.75) is 19.4 Å². The Labute approximate surface area is 86.8 Å². The summed E-state index contributed by atoms with van der Waals surface area (Å²) in [4.78, 5) is 2.27. The third-order valence-electron chi connectivity index (χ3n) is 2.98. The average Bonchev–Trinajstić information content (AvgIpc) is 2.53. The zero-order valence-corrected chi connectivity index (χ0v) is 9.08. The Morgan fingerprint density at radius 2 is 2.43 bits per heavy atom. The second-order valence-corrected chi connectivity index (χ2v) is 4.06. The molecule has 14 heavy (non-hydrogen) atoms. The molecule has 2 unspecified atom stereocenters. The van der Waals surface area contributed by atoms with Crippen molar-refractivity contribution in [3.05, 3.63) is 12.7 Å². The normalized spacial score (nSPS) is 27.1. The van der Waals surface area contributed by atoms with Crippen LogP contribution in [-0.2, 0) is 0 Å². The minimum atomic E-state index is 0.238. The van der Waals surface area contributed by atoms with Gasteiger partial charge in [0, 0.05) is 25.7 Å². The molecule has 1 aliphatic rings. The maximum Gasteiger partial charge on any atom is 0.0558 e. The van der Waals surface area contributed by atoms with Crippen molar-refractivity contribution in [2.75, 3.05) is 32.8 Å². The highest BCUT2D eigenvalue weighted by molar-refractivity contribution is 4.84. The second kappa shape index (κ2) is 6.17. The Hall–Kier alpha value is -0.380.